The lowest BCUT2D eigenvalue weighted by atomic mass is 9.93. The molecule has 0 bridgehead atoms. The molecule has 0 radical (unpaired) electrons. The number of halogens is 2. The predicted octanol–water partition coefficient (Wildman–Crippen LogP) is 6.35. The molecular formula is C24H22Cl2N2O4S. The van der Waals surface area contributed by atoms with Gasteiger partial charge in [0.1, 0.15) is 6.61 Å². The van der Waals surface area contributed by atoms with E-state index in [1.165, 1.54) is 11.8 Å². The van der Waals surface area contributed by atoms with Crippen LogP contribution in [-0.2, 0) is 16.1 Å². The highest BCUT2D eigenvalue weighted by Gasteiger charge is 2.39. The Hall–Kier alpha value is -2.61. The van der Waals surface area contributed by atoms with Gasteiger partial charge in [0.15, 0.2) is 16.7 Å². The summed E-state index contributed by atoms with van der Waals surface area (Å²) in [7, 11) is 1.58. The Balaban J connectivity index is 1.78. The third-order valence-corrected chi connectivity index (χ3v) is 6.72. The van der Waals surface area contributed by atoms with Gasteiger partial charge in [0.05, 0.1) is 41.1 Å². The lowest BCUT2D eigenvalue weighted by molar-refractivity contribution is -0.139. The Morgan fingerprint density at radius 2 is 2.03 bits per heavy atom. The number of hydrogen-bond donors (Lipinski definition) is 0. The van der Waals surface area contributed by atoms with Crippen LogP contribution in [0.25, 0.3) is 0 Å². The summed E-state index contributed by atoms with van der Waals surface area (Å²) in [6.07, 6.45) is 1.90. The molecule has 0 aliphatic carbocycles. The van der Waals surface area contributed by atoms with Gasteiger partial charge in [-0.1, -0.05) is 53.2 Å². The smallest absolute Gasteiger partial charge is 0.338 e. The summed E-state index contributed by atoms with van der Waals surface area (Å²) in [6, 6.07) is 10.5. The van der Waals surface area contributed by atoms with Crippen molar-refractivity contribution in [2.45, 2.75) is 26.5 Å². The van der Waals surface area contributed by atoms with Gasteiger partial charge in [-0.25, -0.2) is 9.79 Å². The number of methoxy groups -OCH3 is 1. The van der Waals surface area contributed by atoms with E-state index in [1.807, 2.05) is 47.7 Å². The Labute approximate surface area is 206 Å². The maximum Gasteiger partial charge on any atom is 0.338 e. The second kappa shape index (κ2) is 10.1. The number of rotatable bonds is 7. The van der Waals surface area contributed by atoms with Crippen molar-refractivity contribution in [3.05, 3.63) is 80.4 Å². The fourth-order valence-electron chi connectivity index (χ4n) is 3.72. The number of amidine groups is 1. The summed E-state index contributed by atoms with van der Waals surface area (Å²) in [5.41, 5.74) is 2.68. The van der Waals surface area contributed by atoms with Crippen molar-refractivity contribution in [2.75, 3.05) is 13.7 Å². The van der Waals surface area contributed by atoms with E-state index in [2.05, 4.69) is 4.99 Å². The molecule has 0 saturated carbocycles. The normalized spacial score (nSPS) is 17.1. The summed E-state index contributed by atoms with van der Waals surface area (Å²) in [5, 5.41) is 3.65. The number of carbonyl (C=O) groups is 1. The maximum atomic E-state index is 13.0. The first-order valence-electron chi connectivity index (χ1n) is 10.3. The average molecular weight is 505 g/mol. The number of esters is 1. The Morgan fingerprint density at radius 1 is 1.21 bits per heavy atom. The van der Waals surface area contributed by atoms with Gasteiger partial charge >= 0.3 is 5.97 Å². The molecule has 33 heavy (non-hydrogen) atoms. The minimum atomic E-state index is -0.485. The van der Waals surface area contributed by atoms with E-state index in [1.54, 1.807) is 26.2 Å². The molecule has 4 rings (SSSR count). The highest BCUT2D eigenvalue weighted by molar-refractivity contribution is 8.16. The zero-order valence-electron chi connectivity index (χ0n) is 18.3. The number of para-hydroxylation sites is 1. The van der Waals surface area contributed by atoms with Crippen molar-refractivity contribution in [1.29, 1.82) is 0 Å². The number of carbonyl (C=O) groups excluding carboxylic acids is 1. The van der Waals surface area contributed by atoms with Crippen molar-refractivity contribution >= 4 is 46.1 Å². The molecule has 0 aromatic heterocycles. The highest BCUT2D eigenvalue weighted by atomic mass is 35.5. The predicted molar refractivity (Wildman–Crippen MR) is 132 cm³/mol. The molecule has 2 aliphatic rings. The number of allylic oxidation sites excluding steroid dienone is 1. The van der Waals surface area contributed by atoms with Gasteiger partial charge in [0.25, 0.3) is 0 Å². The van der Waals surface area contributed by atoms with Crippen LogP contribution >= 0.6 is 35.0 Å². The number of hydrogen-bond acceptors (Lipinski definition) is 7. The van der Waals surface area contributed by atoms with Crippen LogP contribution in [0.3, 0.4) is 0 Å². The fourth-order valence-corrected chi connectivity index (χ4v) is 4.84. The molecule has 0 spiro atoms. The molecule has 9 heteroatoms. The van der Waals surface area contributed by atoms with Crippen LogP contribution in [0.2, 0.25) is 10.0 Å². The molecule has 0 fully saturated rings. The third-order valence-electron chi connectivity index (χ3n) is 5.21. The molecule has 172 valence electrons. The number of aliphatic imine (C=N–C) groups is 1. The second-order valence-electron chi connectivity index (χ2n) is 7.24. The SMILES string of the molecule is CCOC(=O)C1=C(C)N=C2SC=CN2[C@@H]1c1cccc(OC)c1OCc1ccc(Cl)c(Cl)c1. The van der Waals surface area contributed by atoms with E-state index in [-0.39, 0.29) is 13.2 Å². The Bertz CT molecular complexity index is 1180. The van der Waals surface area contributed by atoms with Crippen LogP contribution in [0, 0.1) is 0 Å². The van der Waals surface area contributed by atoms with Crippen molar-refractivity contribution in [1.82, 2.24) is 4.90 Å². The molecule has 0 N–H and O–H groups in total. The first-order valence-corrected chi connectivity index (χ1v) is 11.9. The fraction of sp³-hybridized carbons (Fsp3) is 0.250. The lowest BCUT2D eigenvalue weighted by Gasteiger charge is -2.34. The first-order chi connectivity index (χ1) is 15.9. The number of fused-ring (bicyclic) bond motifs is 1. The average Bonchev–Trinajstić information content (AvgIpc) is 3.26. The quantitative estimate of drug-likeness (QED) is 0.409. The molecule has 2 aliphatic heterocycles. The molecule has 0 unspecified atom stereocenters. The van der Waals surface area contributed by atoms with Crippen molar-refractivity contribution in [2.24, 2.45) is 4.99 Å². The van der Waals surface area contributed by atoms with E-state index in [0.29, 0.717) is 32.8 Å². The molecular weight excluding hydrogens is 483 g/mol. The number of nitrogens with zero attached hydrogens (tertiary/aromatic N) is 2. The Morgan fingerprint density at radius 3 is 2.76 bits per heavy atom. The molecule has 0 amide bonds. The van der Waals surface area contributed by atoms with Crippen molar-refractivity contribution < 1.29 is 19.0 Å². The van der Waals surface area contributed by atoms with E-state index >= 15 is 0 Å². The zero-order chi connectivity index (χ0) is 23.5. The lowest BCUT2D eigenvalue weighted by Crippen LogP contribution is -2.34. The summed E-state index contributed by atoms with van der Waals surface area (Å²) in [5.74, 6) is 0.664. The number of thioether (sulfide) groups is 1. The zero-order valence-corrected chi connectivity index (χ0v) is 20.6. The van der Waals surface area contributed by atoms with Crippen molar-refractivity contribution in [3.8, 4) is 11.5 Å². The molecule has 1 atom stereocenters. The number of ether oxygens (including phenoxy) is 3. The monoisotopic (exact) mass is 504 g/mol. The third kappa shape index (κ3) is 4.71. The topological polar surface area (TPSA) is 60.4 Å². The van der Waals surface area contributed by atoms with E-state index < -0.39 is 12.0 Å². The van der Waals surface area contributed by atoms with Gasteiger partial charge in [-0.2, -0.15) is 0 Å². The van der Waals surface area contributed by atoms with E-state index in [9.17, 15) is 4.79 Å². The standard InChI is InChI=1S/C24H22Cl2N2O4S/c1-4-31-23(29)20-14(2)27-24-28(10-11-33-24)21(20)16-6-5-7-19(30-3)22(16)32-13-15-8-9-17(25)18(26)12-15/h5-12,21H,4,13H2,1-3H3/t21-/m1/s1. The van der Waals surface area contributed by atoms with E-state index in [4.69, 9.17) is 37.4 Å². The van der Waals surface area contributed by atoms with Crippen LogP contribution in [0.4, 0.5) is 0 Å². The summed E-state index contributed by atoms with van der Waals surface area (Å²) in [6.45, 7) is 4.10. The van der Waals surface area contributed by atoms with Gasteiger partial charge in [-0.3, -0.25) is 0 Å². The summed E-state index contributed by atoms with van der Waals surface area (Å²) < 4.78 is 17.3. The van der Waals surface area contributed by atoms with Gasteiger partial charge in [-0.15, -0.1) is 0 Å². The Kier molecular flexibility index (Phi) is 7.22. The molecule has 6 nitrogen and oxygen atoms in total. The van der Waals surface area contributed by atoms with Crippen molar-refractivity contribution in [3.63, 3.8) is 0 Å². The van der Waals surface area contributed by atoms with Crippen LogP contribution in [0.1, 0.15) is 31.0 Å². The first kappa shape index (κ1) is 23.5. The number of benzene rings is 2. The molecule has 2 aromatic rings. The van der Waals surface area contributed by atoms with E-state index in [0.717, 1.165) is 16.3 Å². The largest absolute Gasteiger partial charge is 0.493 e. The van der Waals surface area contributed by atoms with Gasteiger partial charge in [0, 0.05) is 11.8 Å². The molecule has 0 saturated heterocycles. The van der Waals surface area contributed by atoms with Crippen LogP contribution < -0.4 is 9.47 Å². The van der Waals surface area contributed by atoms with Crippen LogP contribution in [0.5, 0.6) is 11.5 Å². The van der Waals surface area contributed by atoms with Gasteiger partial charge in [0.2, 0.25) is 0 Å². The maximum absolute atomic E-state index is 13.0. The van der Waals surface area contributed by atoms with Gasteiger partial charge in [-0.05, 0) is 43.0 Å². The minimum Gasteiger partial charge on any atom is -0.493 e. The van der Waals surface area contributed by atoms with Crippen LogP contribution in [-0.4, -0.2) is 29.8 Å². The molecule has 2 aromatic carbocycles. The molecule has 2 heterocycles. The summed E-state index contributed by atoms with van der Waals surface area (Å²) in [4.78, 5) is 19.5. The van der Waals surface area contributed by atoms with Gasteiger partial charge < -0.3 is 19.1 Å². The highest BCUT2D eigenvalue weighted by Crippen LogP contribution is 2.46. The summed E-state index contributed by atoms with van der Waals surface area (Å²) >= 11 is 13.7. The minimum absolute atomic E-state index is 0.236. The second-order valence-corrected chi connectivity index (χ2v) is 8.93. The van der Waals surface area contributed by atoms with Crippen LogP contribution in [0.15, 0.2) is 64.3 Å².